The van der Waals surface area contributed by atoms with Gasteiger partial charge in [-0.1, -0.05) is 18.2 Å². The Balaban J connectivity index is 1.59. The number of hydrogen-bond donors (Lipinski definition) is 1. The Morgan fingerprint density at radius 3 is 2.75 bits per heavy atom. The van der Waals surface area contributed by atoms with E-state index in [0.717, 1.165) is 36.5 Å². The zero-order valence-corrected chi connectivity index (χ0v) is 15.9. The highest BCUT2D eigenvalue weighted by molar-refractivity contribution is 5.95. The number of benzene rings is 1. The minimum absolute atomic E-state index is 0.0258. The fourth-order valence-corrected chi connectivity index (χ4v) is 3.15. The fourth-order valence-electron chi connectivity index (χ4n) is 3.15. The van der Waals surface area contributed by atoms with Gasteiger partial charge in [0.15, 0.2) is 5.82 Å². The quantitative estimate of drug-likeness (QED) is 0.682. The van der Waals surface area contributed by atoms with Crippen LogP contribution in [-0.2, 0) is 6.54 Å². The van der Waals surface area contributed by atoms with Crippen LogP contribution in [0.2, 0.25) is 0 Å². The molecule has 4 rings (SSSR count). The lowest BCUT2D eigenvalue weighted by Gasteiger charge is -2.22. The number of pyridine rings is 1. The van der Waals surface area contributed by atoms with Gasteiger partial charge in [0.25, 0.3) is 5.91 Å². The molecular weight excluding hydrogens is 350 g/mol. The third-order valence-corrected chi connectivity index (χ3v) is 4.69. The van der Waals surface area contributed by atoms with E-state index in [1.54, 1.807) is 12.4 Å². The van der Waals surface area contributed by atoms with Crippen molar-refractivity contribution in [3.05, 3.63) is 72.2 Å². The average molecular weight is 373 g/mol. The second-order valence-electron chi connectivity index (χ2n) is 6.86. The number of hydrogen-bond acceptors (Lipinski definition) is 5. The number of aromatic nitrogens is 3. The van der Waals surface area contributed by atoms with Crippen molar-refractivity contribution in [2.45, 2.75) is 32.4 Å². The zero-order valence-electron chi connectivity index (χ0n) is 15.9. The van der Waals surface area contributed by atoms with Gasteiger partial charge in [0.1, 0.15) is 5.82 Å². The molecule has 1 amide bonds. The van der Waals surface area contributed by atoms with Crippen LogP contribution in [0.3, 0.4) is 0 Å². The number of carbonyl (C=O) groups excluding carboxylic acids is 1. The fraction of sp³-hybridized carbons (Fsp3) is 0.273. The molecule has 0 unspecified atom stereocenters. The lowest BCUT2D eigenvalue weighted by atomic mass is 10.1. The van der Waals surface area contributed by atoms with Crippen LogP contribution in [0, 0.1) is 0 Å². The molecule has 1 fully saturated rings. The number of nitrogens with one attached hydrogen (secondary N) is 1. The first kappa shape index (κ1) is 18.1. The smallest absolute Gasteiger partial charge is 0.254 e. The summed E-state index contributed by atoms with van der Waals surface area (Å²) in [6, 6.07) is 15.5. The molecule has 0 atom stereocenters. The molecule has 1 N–H and O–H groups in total. The van der Waals surface area contributed by atoms with Crippen LogP contribution in [0.25, 0.3) is 11.4 Å². The van der Waals surface area contributed by atoms with Crippen molar-refractivity contribution in [3.63, 3.8) is 0 Å². The van der Waals surface area contributed by atoms with Crippen LogP contribution in [-0.4, -0.2) is 38.3 Å². The average Bonchev–Trinajstić information content (AvgIpc) is 3.58. The predicted molar refractivity (Wildman–Crippen MR) is 109 cm³/mol. The molecule has 28 heavy (non-hydrogen) atoms. The van der Waals surface area contributed by atoms with Gasteiger partial charge < -0.3 is 10.2 Å². The van der Waals surface area contributed by atoms with Crippen LogP contribution in [0.15, 0.2) is 60.9 Å². The molecule has 2 heterocycles. The lowest BCUT2D eigenvalue weighted by Crippen LogP contribution is -2.32. The Labute approximate surface area is 164 Å². The third-order valence-electron chi connectivity index (χ3n) is 4.69. The molecule has 1 saturated carbocycles. The molecule has 0 bridgehead atoms. The molecule has 0 radical (unpaired) electrons. The second-order valence-corrected chi connectivity index (χ2v) is 6.86. The molecule has 6 heteroatoms. The minimum Gasteiger partial charge on any atom is -0.370 e. The lowest BCUT2D eigenvalue weighted by molar-refractivity contribution is 0.0728. The van der Waals surface area contributed by atoms with E-state index in [2.05, 4.69) is 20.3 Å². The van der Waals surface area contributed by atoms with Crippen molar-refractivity contribution in [2.75, 3.05) is 11.9 Å². The summed E-state index contributed by atoms with van der Waals surface area (Å²) in [4.78, 5) is 28.4. The van der Waals surface area contributed by atoms with E-state index >= 15 is 0 Å². The molecule has 6 nitrogen and oxygen atoms in total. The van der Waals surface area contributed by atoms with Gasteiger partial charge in [0, 0.05) is 36.1 Å². The zero-order chi connectivity index (χ0) is 19.3. The Kier molecular flexibility index (Phi) is 5.28. The SMILES string of the molecule is CCNc1ccnc(-c2cccc(C(=O)N(Cc3ccccn3)C3CC3)c2)n1. The molecule has 2 aromatic heterocycles. The van der Waals surface area contributed by atoms with Crippen LogP contribution in [0.5, 0.6) is 0 Å². The van der Waals surface area contributed by atoms with E-state index in [9.17, 15) is 4.79 Å². The number of amides is 1. The van der Waals surface area contributed by atoms with Gasteiger partial charge in [-0.15, -0.1) is 0 Å². The topological polar surface area (TPSA) is 71.0 Å². The molecule has 0 aliphatic heterocycles. The van der Waals surface area contributed by atoms with Gasteiger partial charge >= 0.3 is 0 Å². The van der Waals surface area contributed by atoms with Gasteiger partial charge in [0.2, 0.25) is 0 Å². The second kappa shape index (κ2) is 8.17. The summed E-state index contributed by atoms with van der Waals surface area (Å²) < 4.78 is 0. The first-order valence-corrected chi connectivity index (χ1v) is 9.63. The highest BCUT2D eigenvalue weighted by Crippen LogP contribution is 2.30. The van der Waals surface area contributed by atoms with Crippen LogP contribution >= 0.6 is 0 Å². The summed E-state index contributed by atoms with van der Waals surface area (Å²) in [5.74, 6) is 1.41. The maximum absolute atomic E-state index is 13.2. The number of rotatable bonds is 7. The summed E-state index contributed by atoms with van der Waals surface area (Å²) in [5, 5.41) is 3.19. The Morgan fingerprint density at radius 2 is 2.00 bits per heavy atom. The molecule has 0 spiro atoms. The number of nitrogens with zero attached hydrogens (tertiary/aromatic N) is 4. The molecule has 1 aliphatic rings. The third kappa shape index (κ3) is 4.17. The predicted octanol–water partition coefficient (Wildman–Crippen LogP) is 3.78. The normalized spacial score (nSPS) is 13.2. The maximum atomic E-state index is 13.2. The van der Waals surface area contributed by atoms with Gasteiger partial charge in [-0.05, 0) is 50.1 Å². The Morgan fingerprint density at radius 1 is 1.11 bits per heavy atom. The largest absolute Gasteiger partial charge is 0.370 e. The van der Waals surface area contributed by atoms with E-state index in [1.165, 1.54) is 0 Å². The van der Waals surface area contributed by atoms with E-state index in [4.69, 9.17) is 0 Å². The Hall–Kier alpha value is -3.28. The maximum Gasteiger partial charge on any atom is 0.254 e. The van der Waals surface area contributed by atoms with Gasteiger partial charge in [-0.25, -0.2) is 9.97 Å². The van der Waals surface area contributed by atoms with Crippen LogP contribution < -0.4 is 5.32 Å². The monoisotopic (exact) mass is 373 g/mol. The van der Waals surface area contributed by atoms with Gasteiger partial charge in [-0.2, -0.15) is 0 Å². The molecule has 1 aliphatic carbocycles. The van der Waals surface area contributed by atoms with Crippen LogP contribution in [0.1, 0.15) is 35.8 Å². The first-order valence-electron chi connectivity index (χ1n) is 9.63. The standard InChI is InChI=1S/C22H23N5O/c1-2-23-20-11-13-25-21(26-20)16-6-5-7-17(14-16)22(28)27(19-9-10-19)15-18-8-3-4-12-24-18/h3-8,11-14,19H,2,9-10,15H2,1H3,(H,23,25,26). The first-order chi connectivity index (χ1) is 13.7. The molecule has 0 saturated heterocycles. The van der Waals surface area contributed by atoms with Crippen molar-refractivity contribution >= 4 is 11.7 Å². The van der Waals surface area contributed by atoms with Crippen molar-refractivity contribution in [1.29, 1.82) is 0 Å². The summed E-state index contributed by atoms with van der Waals surface area (Å²) in [7, 11) is 0. The van der Waals surface area contributed by atoms with E-state index in [0.29, 0.717) is 24.0 Å². The van der Waals surface area contributed by atoms with Crippen molar-refractivity contribution in [3.8, 4) is 11.4 Å². The van der Waals surface area contributed by atoms with Crippen molar-refractivity contribution in [2.24, 2.45) is 0 Å². The highest BCUT2D eigenvalue weighted by atomic mass is 16.2. The van der Waals surface area contributed by atoms with E-state index < -0.39 is 0 Å². The summed E-state index contributed by atoms with van der Waals surface area (Å²) >= 11 is 0. The molecule has 1 aromatic carbocycles. The molecular formula is C22H23N5O. The molecule has 3 aromatic rings. The Bertz CT molecular complexity index is 956. The van der Waals surface area contributed by atoms with Gasteiger partial charge in [0.05, 0.1) is 12.2 Å². The summed E-state index contributed by atoms with van der Waals surface area (Å²) in [5.41, 5.74) is 2.39. The molecule has 142 valence electrons. The number of carbonyl (C=O) groups is 1. The summed E-state index contributed by atoms with van der Waals surface area (Å²) in [6.45, 7) is 3.34. The van der Waals surface area contributed by atoms with E-state index in [-0.39, 0.29) is 5.91 Å². The number of anilines is 1. The van der Waals surface area contributed by atoms with E-state index in [1.807, 2.05) is 60.4 Å². The van der Waals surface area contributed by atoms with Crippen molar-refractivity contribution in [1.82, 2.24) is 19.9 Å². The minimum atomic E-state index is 0.0258. The highest BCUT2D eigenvalue weighted by Gasteiger charge is 2.33. The summed E-state index contributed by atoms with van der Waals surface area (Å²) in [6.07, 6.45) is 5.59. The van der Waals surface area contributed by atoms with Gasteiger partial charge in [-0.3, -0.25) is 9.78 Å². The van der Waals surface area contributed by atoms with Crippen LogP contribution in [0.4, 0.5) is 5.82 Å². The van der Waals surface area contributed by atoms with Crippen molar-refractivity contribution < 1.29 is 4.79 Å².